The van der Waals surface area contributed by atoms with Crippen LogP contribution in [0, 0.1) is 19.8 Å². The van der Waals surface area contributed by atoms with Crippen LogP contribution in [0.2, 0.25) is 0 Å². The molecule has 94 valence electrons. The molecule has 1 aliphatic carbocycles. The number of rotatable bonds is 3. The van der Waals surface area contributed by atoms with E-state index in [1.165, 1.54) is 32.1 Å². The Kier molecular flexibility index (Phi) is 3.87. The molecule has 0 saturated heterocycles. The fraction of sp³-hybridized carbons (Fsp3) is 0.643. The zero-order valence-corrected chi connectivity index (χ0v) is 10.7. The molecule has 3 nitrogen and oxygen atoms in total. The van der Waals surface area contributed by atoms with Gasteiger partial charge >= 0.3 is 0 Å². The van der Waals surface area contributed by atoms with Gasteiger partial charge in [0.25, 0.3) is 5.91 Å². The van der Waals surface area contributed by atoms with Crippen LogP contribution < -0.4 is 5.32 Å². The van der Waals surface area contributed by atoms with Gasteiger partial charge in [-0.1, -0.05) is 19.3 Å². The maximum Gasteiger partial charge on any atom is 0.254 e. The summed E-state index contributed by atoms with van der Waals surface area (Å²) in [5.41, 5.74) is 0.679. The van der Waals surface area contributed by atoms with Crippen LogP contribution in [0.15, 0.2) is 10.5 Å². The number of amides is 1. The molecule has 1 amide bonds. The normalized spacial score (nSPS) is 17.1. The van der Waals surface area contributed by atoms with E-state index in [1.54, 1.807) is 0 Å². The Morgan fingerprint density at radius 3 is 2.65 bits per heavy atom. The summed E-state index contributed by atoms with van der Waals surface area (Å²) in [6.07, 6.45) is 6.48. The molecule has 1 aromatic heterocycles. The molecule has 2 rings (SSSR count). The fourth-order valence-corrected chi connectivity index (χ4v) is 2.58. The zero-order chi connectivity index (χ0) is 12.3. The van der Waals surface area contributed by atoms with Gasteiger partial charge in [0, 0.05) is 6.54 Å². The van der Waals surface area contributed by atoms with Gasteiger partial charge in [-0.2, -0.15) is 0 Å². The lowest BCUT2D eigenvalue weighted by Crippen LogP contribution is -2.30. The van der Waals surface area contributed by atoms with Crippen molar-refractivity contribution in [2.45, 2.75) is 46.0 Å². The third-order valence-corrected chi connectivity index (χ3v) is 3.56. The van der Waals surface area contributed by atoms with Crippen LogP contribution in [0.5, 0.6) is 0 Å². The van der Waals surface area contributed by atoms with E-state index in [9.17, 15) is 4.79 Å². The average molecular weight is 235 g/mol. The van der Waals surface area contributed by atoms with E-state index in [-0.39, 0.29) is 5.91 Å². The first kappa shape index (κ1) is 12.2. The highest BCUT2D eigenvalue weighted by Gasteiger charge is 2.17. The third kappa shape index (κ3) is 3.11. The Hall–Kier alpha value is -1.25. The highest BCUT2D eigenvalue weighted by Crippen LogP contribution is 2.23. The second kappa shape index (κ2) is 5.39. The van der Waals surface area contributed by atoms with Crippen molar-refractivity contribution in [2.24, 2.45) is 5.92 Å². The lowest BCUT2D eigenvalue weighted by molar-refractivity contribution is 0.0942. The predicted octanol–water partition coefficient (Wildman–Crippen LogP) is 3.21. The molecule has 1 fully saturated rings. The number of furan rings is 1. The summed E-state index contributed by atoms with van der Waals surface area (Å²) in [5.74, 6) is 2.18. The summed E-state index contributed by atoms with van der Waals surface area (Å²) in [6, 6.07) is 1.81. The summed E-state index contributed by atoms with van der Waals surface area (Å²) in [7, 11) is 0. The summed E-state index contributed by atoms with van der Waals surface area (Å²) in [5, 5.41) is 3.02. The molecule has 0 spiro atoms. The quantitative estimate of drug-likeness (QED) is 0.874. The van der Waals surface area contributed by atoms with Gasteiger partial charge in [-0.3, -0.25) is 4.79 Å². The highest BCUT2D eigenvalue weighted by molar-refractivity contribution is 5.95. The maximum absolute atomic E-state index is 12.0. The van der Waals surface area contributed by atoms with Gasteiger partial charge in [0.1, 0.15) is 11.5 Å². The van der Waals surface area contributed by atoms with Crippen molar-refractivity contribution in [1.82, 2.24) is 5.32 Å². The SMILES string of the molecule is Cc1cc(C(=O)NCC2CCCCC2)c(C)o1. The minimum Gasteiger partial charge on any atom is -0.466 e. The minimum absolute atomic E-state index is 0.00456. The average Bonchev–Trinajstić information content (AvgIpc) is 2.67. The molecule has 0 radical (unpaired) electrons. The van der Waals surface area contributed by atoms with Gasteiger partial charge < -0.3 is 9.73 Å². The molecule has 1 N–H and O–H groups in total. The topological polar surface area (TPSA) is 42.2 Å². The van der Waals surface area contributed by atoms with E-state index < -0.39 is 0 Å². The first-order valence-electron chi connectivity index (χ1n) is 6.52. The van der Waals surface area contributed by atoms with Crippen LogP contribution in [-0.4, -0.2) is 12.5 Å². The van der Waals surface area contributed by atoms with Crippen molar-refractivity contribution in [3.8, 4) is 0 Å². The monoisotopic (exact) mass is 235 g/mol. The van der Waals surface area contributed by atoms with Crippen molar-refractivity contribution >= 4 is 5.91 Å². The number of aryl methyl sites for hydroxylation is 2. The lowest BCUT2D eigenvalue weighted by Gasteiger charge is -2.21. The minimum atomic E-state index is 0.00456. The van der Waals surface area contributed by atoms with E-state index >= 15 is 0 Å². The lowest BCUT2D eigenvalue weighted by atomic mass is 9.89. The van der Waals surface area contributed by atoms with Crippen molar-refractivity contribution in [2.75, 3.05) is 6.54 Å². The maximum atomic E-state index is 12.0. The largest absolute Gasteiger partial charge is 0.466 e. The highest BCUT2D eigenvalue weighted by atomic mass is 16.3. The standard InChI is InChI=1S/C14H21NO2/c1-10-8-13(11(2)17-10)14(16)15-9-12-6-4-3-5-7-12/h8,12H,3-7,9H2,1-2H3,(H,15,16). The summed E-state index contributed by atoms with van der Waals surface area (Å²) < 4.78 is 5.37. The van der Waals surface area contributed by atoms with Gasteiger partial charge in [-0.25, -0.2) is 0 Å². The van der Waals surface area contributed by atoms with Crippen LogP contribution >= 0.6 is 0 Å². The van der Waals surface area contributed by atoms with Crippen LogP contribution in [-0.2, 0) is 0 Å². The summed E-state index contributed by atoms with van der Waals surface area (Å²) in [6.45, 7) is 4.51. The molecule has 3 heteroatoms. The van der Waals surface area contributed by atoms with Crippen molar-refractivity contribution in [3.63, 3.8) is 0 Å². The summed E-state index contributed by atoms with van der Waals surface area (Å²) >= 11 is 0. The first-order valence-corrected chi connectivity index (χ1v) is 6.52. The molecule has 1 saturated carbocycles. The van der Waals surface area contributed by atoms with Gasteiger partial charge in [-0.05, 0) is 38.7 Å². The molecule has 0 aromatic carbocycles. The molecule has 1 aliphatic rings. The van der Waals surface area contributed by atoms with Gasteiger partial charge in [-0.15, -0.1) is 0 Å². The molecule has 1 aromatic rings. The zero-order valence-electron chi connectivity index (χ0n) is 10.7. The second-order valence-electron chi connectivity index (χ2n) is 5.04. The number of carbonyl (C=O) groups excluding carboxylic acids is 1. The number of hydrogen-bond acceptors (Lipinski definition) is 2. The Morgan fingerprint density at radius 2 is 2.06 bits per heavy atom. The Bertz CT molecular complexity index is 389. The van der Waals surface area contributed by atoms with Crippen LogP contribution in [0.1, 0.15) is 54.0 Å². The van der Waals surface area contributed by atoms with Crippen molar-refractivity contribution < 1.29 is 9.21 Å². The van der Waals surface area contributed by atoms with Crippen LogP contribution in [0.25, 0.3) is 0 Å². The number of nitrogens with one attached hydrogen (secondary N) is 1. The van der Waals surface area contributed by atoms with Gasteiger partial charge in [0.2, 0.25) is 0 Å². The summed E-state index contributed by atoms with van der Waals surface area (Å²) in [4.78, 5) is 12.0. The van der Waals surface area contributed by atoms with Crippen LogP contribution in [0.3, 0.4) is 0 Å². The molecule has 0 unspecified atom stereocenters. The molecular weight excluding hydrogens is 214 g/mol. The molecule has 0 atom stereocenters. The van der Waals surface area contributed by atoms with E-state index in [1.807, 2.05) is 19.9 Å². The van der Waals surface area contributed by atoms with E-state index in [2.05, 4.69) is 5.32 Å². The predicted molar refractivity (Wildman–Crippen MR) is 67.1 cm³/mol. The van der Waals surface area contributed by atoms with E-state index in [0.29, 0.717) is 17.2 Å². The van der Waals surface area contributed by atoms with E-state index in [4.69, 9.17) is 4.42 Å². The smallest absolute Gasteiger partial charge is 0.254 e. The van der Waals surface area contributed by atoms with Crippen LogP contribution in [0.4, 0.5) is 0 Å². The molecular formula is C14H21NO2. The van der Waals surface area contributed by atoms with Crippen molar-refractivity contribution in [3.05, 3.63) is 23.2 Å². The second-order valence-corrected chi connectivity index (χ2v) is 5.04. The molecule has 0 bridgehead atoms. The Balaban J connectivity index is 1.86. The van der Waals surface area contributed by atoms with E-state index in [0.717, 1.165) is 12.3 Å². The third-order valence-electron chi connectivity index (χ3n) is 3.56. The van der Waals surface area contributed by atoms with Gasteiger partial charge in [0.15, 0.2) is 0 Å². The molecule has 17 heavy (non-hydrogen) atoms. The fourth-order valence-electron chi connectivity index (χ4n) is 2.58. The Morgan fingerprint density at radius 1 is 1.35 bits per heavy atom. The number of hydrogen-bond donors (Lipinski definition) is 1. The van der Waals surface area contributed by atoms with Crippen molar-refractivity contribution in [1.29, 1.82) is 0 Å². The Labute approximate surface area is 103 Å². The van der Waals surface area contributed by atoms with Gasteiger partial charge in [0.05, 0.1) is 5.56 Å². The molecule has 1 heterocycles. The first-order chi connectivity index (χ1) is 8.16. The molecule has 0 aliphatic heterocycles. The number of carbonyl (C=O) groups is 1.